The van der Waals surface area contributed by atoms with E-state index in [1.807, 2.05) is 25.2 Å². The molecule has 0 saturated carbocycles. The van der Waals surface area contributed by atoms with E-state index in [1.165, 1.54) is 6.07 Å². The Hall–Kier alpha value is -0.420. The fraction of sp³-hybridized carbons (Fsp3) is 0.143. The molecule has 5 heteroatoms. The zero-order chi connectivity index (χ0) is 14.0. The predicted molar refractivity (Wildman–Crippen MR) is 84.2 cm³/mol. The van der Waals surface area contributed by atoms with Gasteiger partial charge in [-0.3, -0.25) is 0 Å². The van der Waals surface area contributed by atoms with Crippen LogP contribution in [0, 0.1) is 5.82 Å². The van der Waals surface area contributed by atoms with E-state index in [-0.39, 0.29) is 11.9 Å². The van der Waals surface area contributed by atoms with Gasteiger partial charge < -0.3 is 5.32 Å². The average molecular weight is 408 g/mol. The van der Waals surface area contributed by atoms with Crippen LogP contribution in [0.2, 0.25) is 5.02 Å². The molecule has 0 fully saturated rings. The van der Waals surface area contributed by atoms with Gasteiger partial charge in [0.15, 0.2) is 0 Å². The van der Waals surface area contributed by atoms with Gasteiger partial charge in [0.05, 0.1) is 10.5 Å². The molecule has 2 aromatic carbocycles. The first-order valence-electron chi connectivity index (χ1n) is 5.59. The standard InChI is InChI=1S/C14H11Br2ClFN/c1-19-14(8-2-3-13(18)12(16)6-8)9-4-10(15)7-11(17)5-9/h2-7,14,19H,1H3. The highest BCUT2D eigenvalue weighted by Gasteiger charge is 2.14. The van der Waals surface area contributed by atoms with Crippen molar-refractivity contribution in [1.29, 1.82) is 0 Å². The van der Waals surface area contributed by atoms with Crippen LogP contribution in [0.1, 0.15) is 17.2 Å². The zero-order valence-electron chi connectivity index (χ0n) is 10.1. The summed E-state index contributed by atoms with van der Waals surface area (Å²) in [6.45, 7) is 0. The average Bonchev–Trinajstić information content (AvgIpc) is 2.33. The highest BCUT2D eigenvalue weighted by Crippen LogP contribution is 2.29. The fourth-order valence-corrected chi connectivity index (χ4v) is 3.24. The van der Waals surface area contributed by atoms with Crippen molar-refractivity contribution in [3.05, 3.63) is 67.3 Å². The summed E-state index contributed by atoms with van der Waals surface area (Å²) in [6, 6.07) is 10.6. The van der Waals surface area contributed by atoms with Crippen molar-refractivity contribution in [1.82, 2.24) is 5.32 Å². The van der Waals surface area contributed by atoms with Crippen molar-refractivity contribution in [2.75, 3.05) is 7.05 Å². The summed E-state index contributed by atoms with van der Waals surface area (Å²) in [6.07, 6.45) is 0. The lowest BCUT2D eigenvalue weighted by atomic mass is 9.99. The van der Waals surface area contributed by atoms with Crippen molar-refractivity contribution < 1.29 is 4.39 Å². The van der Waals surface area contributed by atoms with Crippen LogP contribution in [0.15, 0.2) is 45.3 Å². The van der Waals surface area contributed by atoms with E-state index in [9.17, 15) is 4.39 Å². The van der Waals surface area contributed by atoms with E-state index < -0.39 is 0 Å². The maximum absolute atomic E-state index is 13.3. The van der Waals surface area contributed by atoms with Crippen LogP contribution in [-0.4, -0.2) is 7.05 Å². The van der Waals surface area contributed by atoms with Crippen LogP contribution in [0.5, 0.6) is 0 Å². The maximum atomic E-state index is 13.3. The van der Waals surface area contributed by atoms with Gasteiger partial charge in [-0.15, -0.1) is 0 Å². The van der Waals surface area contributed by atoms with Crippen molar-refractivity contribution in [2.24, 2.45) is 0 Å². The molecule has 1 atom stereocenters. The van der Waals surface area contributed by atoms with Gasteiger partial charge in [-0.05, 0) is 64.4 Å². The molecule has 19 heavy (non-hydrogen) atoms. The third-order valence-corrected chi connectivity index (χ3v) is 4.07. The highest BCUT2D eigenvalue weighted by atomic mass is 79.9. The predicted octanol–water partition coefficient (Wildman–Crippen LogP) is 5.31. The Morgan fingerprint density at radius 3 is 2.42 bits per heavy atom. The van der Waals surface area contributed by atoms with E-state index >= 15 is 0 Å². The molecule has 0 saturated heterocycles. The number of benzene rings is 2. The lowest BCUT2D eigenvalue weighted by Gasteiger charge is -2.18. The van der Waals surface area contributed by atoms with Crippen molar-refractivity contribution in [3.63, 3.8) is 0 Å². The van der Waals surface area contributed by atoms with Gasteiger partial charge in [0.2, 0.25) is 0 Å². The van der Waals surface area contributed by atoms with Gasteiger partial charge in [0, 0.05) is 9.50 Å². The molecule has 1 unspecified atom stereocenters. The van der Waals surface area contributed by atoms with E-state index in [0.717, 1.165) is 15.6 Å². The second kappa shape index (κ2) is 6.35. The van der Waals surface area contributed by atoms with E-state index in [1.54, 1.807) is 12.1 Å². The quantitative estimate of drug-likeness (QED) is 0.727. The van der Waals surface area contributed by atoms with Crippen LogP contribution in [0.4, 0.5) is 4.39 Å². The molecule has 1 N–H and O–H groups in total. The van der Waals surface area contributed by atoms with Crippen LogP contribution >= 0.6 is 43.5 Å². The zero-order valence-corrected chi connectivity index (χ0v) is 14.0. The van der Waals surface area contributed by atoms with E-state index in [4.69, 9.17) is 11.6 Å². The van der Waals surface area contributed by atoms with Crippen molar-refractivity contribution in [3.8, 4) is 0 Å². The molecule has 0 bridgehead atoms. The SMILES string of the molecule is CNC(c1cc(Cl)cc(Br)c1)c1ccc(F)c(Br)c1. The largest absolute Gasteiger partial charge is 0.309 e. The molecule has 0 radical (unpaired) electrons. The Kier molecular flexibility index (Phi) is 5.01. The Labute approximate surface area is 133 Å². The summed E-state index contributed by atoms with van der Waals surface area (Å²) in [5.41, 5.74) is 1.98. The van der Waals surface area contributed by atoms with Gasteiger partial charge in [0.1, 0.15) is 5.82 Å². The second-order valence-electron chi connectivity index (χ2n) is 4.10. The van der Waals surface area contributed by atoms with Crippen LogP contribution in [0.3, 0.4) is 0 Å². The number of halogens is 4. The molecule has 0 spiro atoms. The molecular weight excluding hydrogens is 396 g/mol. The minimum Gasteiger partial charge on any atom is -0.309 e. The molecule has 0 heterocycles. The van der Waals surface area contributed by atoms with Crippen molar-refractivity contribution in [2.45, 2.75) is 6.04 Å². The van der Waals surface area contributed by atoms with E-state index in [0.29, 0.717) is 9.50 Å². The highest BCUT2D eigenvalue weighted by molar-refractivity contribution is 9.10. The van der Waals surface area contributed by atoms with Crippen LogP contribution in [-0.2, 0) is 0 Å². The lowest BCUT2D eigenvalue weighted by Crippen LogP contribution is -2.17. The summed E-state index contributed by atoms with van der Waals surface area (Å²) < 4.78 is 14.7. The minimum atomic E-state index is -0.272. The fourth-order valence-electron chi connectivity index (χ4n) is 1.96. The maximum Gasteiger partial charge on any atom is 0.137 e. The summed E-state index contributed by atoms with van der Waals surface area (Å²) in [5.74, 6) is -0.272. The first-order valence-corrected chi connectivity index (χ1v) is 7.56. The number of hydrogen-bond donors (Lipinski definition) is 1. The van der Waals surface area contributed by atoms with Gasteiger partial charge in [-0.2, -0.15) is 0 Å². The first-order chi connectivity index (χ1) is 9.01. The number of rotatable bonds is 3. The first kappa shape index (κ1) is 15.0. The van der Waals surface area contributed by atoms with Crippen LogP contribution < -0.4 is 5.32 Å². The number of hydrogen-bond acceptors (Lipinski definition) is 1. The Balaban J connectivity index is 2.46. The molecule has 0 aliphatic carbocycles. The Morgan fingerprint density at radius 1 is 1.11 bits per heavy atom. The van der Waals surface area contributed by atoms with Crippen molar-refractivity contribution >= 4 is 43.5 Å². The molecule has 0 amide bonds. The topological polar surface area (TPSA) is 12.0 Å². The van der Waals surface area contributed by atoms with Gasteiger partial charge in [-0.1, -0.05) is 33.6 Å². The summed E-state index contributed by atoms with van der Waals surface area (Å²) in [5, 5.41) is 3.87. The molecule has 2 rings (SSSR count). The normalized spacial score (nSPS) is 12.5. The molecule has 0 aliphatic rings. The lowest BCUT2D eigenvalue weighted by molar-refractivity contribution is 0.616. The minimum absolute atomic E-state index is 0.0492. The Bertz CT molecular complexity index is 584. The monoisotopic (exact) mass is 405 g/mol. The molecule has 2 aromatic rings. The smallest absolute Gasteiger partial charge is 0.137 e. The third kappa shape index (κ3) is 3.57. The van der Waals surface area contributed by atoms with Gasteiger partial charge in [-0.25, -0.2) is 4.39 Å². The Morgan fingerprint density at radius 2 is 1.84 bits per heavy atom. The summed E-state index contributed by atoms with van der Waals surface area (Å²) >= 11 is 12.7. The van der Waals surface area contributed by atoms with E-state index in [2.05, 4.69) is 37.2 Å². The molecule has 100 valence electrons. The summed E-state index contributed by atoms with van der Waals surface area (Å²) in [4.78, 5) is 0. The molecule has 0 aromatic heterocycles. The third-order valence-electron chi connectivity index (χ3n) is 2.78. The van der Waals surface area contributed by atoms with Gasteiger partial charge in [0.25, 0.3) is 0 Å². The van der Waals surface area contributed by atoms with Crippen LogP contribution in [0.25, 0.3) is 0 Å². The molecule has 0 aliphatic heterocycles. The second-order valence-corrected chi connectivity index (χ2v) is 6.30. The number of nitrogens with one attached hydrogen (secondary N) is 1. The molecule has 1 nitrogen and oxygen atoms in total. The molecular formula is C14H11Br2ClFN. The van der Waals surface area contributed by atoms with Gasteiger partial charge >= 0.3 is 0 Å². The summed E-state index contributed by atoms with van der Waals surface area (Å²) in [7, 11) is 1.86.